The quantitative estimate of drug-likeness (QED) is 0.806. The Labute approximate surface area is 103 Å². The van der Waals surface area contributed by atoms with Crippen molar-refractivity contribution in [2.75, 3.05) is 0 Å². The molecule has 0 atom stereocenters. The van der Waals surface area contributed by atoms with E-state index in [2.05, 4.69) is 0 Å². The fraction of sp³-hybridized carbons (Fsp3) is 0. The van der Waals surface area contributed by atoms with Gasteiger partial charge in [0, 0.05) is 5.56 Å². The van der Waals surface area contributed by atoms with Gasteiger partial charge in [-0.1, -0.05) is 41.4 Å². The predicted octanol–water partition coefficient (Wildman–Crippen LogP) is 4.07. The maximum atomic E-state index is 9.70. The van der Waals surface area contributed by atoms with Crippen LogP contribution in [-0.4, -0.2) is 10.2 Å². The summed E-state index contributed by atoms with van der Waals surface area (Å²) < 4.78 is 0. The smallest absolute Gasteiger partial charge is 0.127 e. The number of hydrogen-bond acceptors (Lipinski definition) is 2. The standard InChI is InChI=1S/C12H8Cl2O2/c13-8-4-1-3-7(12(8)14)11-9(15)5-2-6-10(11)16/h1-6,15-16H. The van der Waals surface area contributed by atoms with E-state index in [0.717, 1.165) is 0 Å². The van der Waals surface area contributed by atoms with Crippen LogP contribution in [0.4, 0.5) is 0 Å². The summed E-state index contributed by atoms with van der Waals surface area (Å²) in [7, 11) is 0. The molecule has 0 radical (unpaired) electrons. The molecule has 2 aromatic carbocycles. The summed E-state index contributed by atoms with van der Waals surface area (Å²) in [5.74, 6) is -0.0756. The first-order valence-electron chi connectivity index (χ1n) is 4.56. The van der Waals surface area contributed by atoms with Crippen molar-refractivity contribution in [1.29, 1.82) is 0 Å². The molecule has 16 heavy (non-hydrogen) atoms. The SMILES string of the molecule is Oc1cccc(O)c1-c1cccc(Cl)c1Cl. The zero-order valence-corrected chi connectivity index (χ0v) is 9.63. The van der Waals surface area contributed by atoms with Crippen LogP contribution in [0.2, 0.25) is 10.0 Å². The summed E-state index contributed by atoms with van der Waals surface area (Å²) in [6, 6.07) is 9.54. The van der Waals surface area contributed by atoms with Gasteiger partial charge >= 0.3 is 0 Å². The first kappa shape index (κ1) is 11.1. The lowest BCUT2D eigenvalue weighted by Gasteiger charge is -2.09. The van der Waals surface area contributed by atoms with Crippen molar-refractivity contribution in [3.05, 3.63) is 46.4 Å². The third-order valence-electron chi connectivity index (χ3n) is 2.24. The van der Waals surface area contributed by atoms with E-state index in [1.165, 1.54) is 12.1 Å². The average Bonchev–Trinajstić information content (AvgIpc) is 2.24. The Morgan fingerprint density at radius 2 is 1.38 bits per heavy atom. The highest BCUT2D eigenvalue weighted by molar-refractivity contribution is 6.43. The zero-order chi connectivity index (χ0) is 11.7. The van der Waals surface area contributed by atoms with Gasteiger partial charge in [0.1, 0.15) is 11.5 Å². The molecule has 0 aromatic heterocycles. The van der Waals surface area contributed by atoms with Crippen molar-refractivity contribution < 1.29 is 10.2 Å². The Kier molecular flexibility index (Phi) is 2.95. The molecule has 2 N–H and O–H groups in total. The van der Waals surface area contributed by atoms with Crippen LogP contribution in [0.3, 0.4) is 0 Å². The van der Waals surface area contributed by atoms with Gasteiger partial charge in [0.25, 0.3) is 0 Å². The molecule has 0 bridgehead atoms. The lowest BCUT2D eigenvalue weighted by molar-refractivity contribution is 0.454. The largest absolute Gasteiger partial charge is 0.507 e. The van der Waals surface area contributed by atoms with Crippen molar-refractivity contribution in [1.82, 2.24) is 0 Å². The van der Waals surface area contributed by atoms with Crippen molar-refractivity contribution in [2.24, 2.45) is 0 Å². The van der Waals surface area contributed by atoms with E-state index in [1.54, 1.807) is 24.3 Å². The molecule has 0 heterocycles. The normalized spacial score (nSPS) is 10.4. The van der Waals surface area contributed by atoms with Gasteiger partial charge in [0.2, 0.25) is 0 Å². The third-order valence-corrected chi connectivity index (χ3v) is 3.06. The fourth-order valence-electron chi connectivity index (χ4n) is 1.50. The number of phenolic OH excluding ortho intramolecular Hbond substituents is 2. The molecular formula is C12H8Cl2O2. The Morgan fingerprint density at radius 3 is 2.00 bits per heavy atom. The molecule has 2 aromatic rings. The summed E-state index contributed by atoms with van der Waals surface area (Å²) in [5.41, 5.74) is 0.791. The minimum Gasteiger partial charge on any atom is -0.507 e. The van der Waals surface area contributed by atoms with Gasteiger partial charge in [-0.3, -0.25) is 0 Å². The highest BCUT2D eigenvalue weighted by Crippen LogP contribution is 2.42. The van der Waals surface area contributed by atoms with Gasteiger partial charge in [0.15, 0.2) is 0 Å². The van der Waals surface area contributed by atoms with Gasteiger partial charge in [-0.05, 0) is 18.2 Å². The van der Waals surface area contributed by atoms with Crippen LogP contribution in [0.25, 0.3) is 11.1 Å². The highest BCUT2D eigenvalue weighted by Gasteiger charge is 2.14. The van der Waals surface area contributed by atoms with Crippen molar-refractivity contribution in [3.63, 3.8) is 0 Å². The average molecular weight is 255 g/mol. The van der Waals surface area contributed by atoms with Crippen LogP contribution in [0.15, 0.2) is 36.4 Å². The van der Waals surface area contributed by atoms with Crippen molar-refractivity contribution in [3.8, 4) is 22.6 Å². The second-order valence-electron chi connectivity index (χ2n) is 3.27. The summed E-state index contributed by atoms with van der Waals surface area (Å²) in [6.07, 6.45) is 0. The summed E-state index contributed by atoms with van der Waals surface area (Å²) in [4.78, 5) is 0. The van der Waals surface area contributed by atoms with Crippen LogP contribution in [-0.2, 0) is 0 Å². The summed E-state index contributed by atoms with van der Waals surface area (Å²) >= 11 is 11.9. The number of rotatable bonds is 1. The molecule has 0 aliphatic heterocycles. The highest BCUT2D eigenvalue weighted by atomic mass is 35.5. The van der Waals surface area contributed by atoms with Crippen LogP contribution in [0, 0.1) is 0 Å². The molecule has 4 heteroatoms. The second-order valence-corrected chi connectivity index (χ2v) is 4.06. The van der Waals surface area contributed by atoms with Crippen molar-refractivity contribution in [2.45, 2.75) is 0 Å². The molecule has 0 aliphatic carbocycles. The minimum atomic E-state index is -0.0378. The molecule has 0 aliphatic rings. The lowest BCUT2D eigenvalue weighted by atomic mass is 10.0. The first-order chi connectivity index (χ1) is 7.61. The van der Waals surface area contributed by atoms with Crippen molar-refractivity contribution >= 4 is 23.2 Å². The molecule has 0 fully saturated rings. The number of aromatic hydroxyl groups is 2. The Balaban J connectivity index is 2.73. The monoisotopic (exact) mass is 254 g/mol. The first-order valence-corrected chi connectivity index (χ1v) is 5.32. The van der Waals surface area contributed by atoms with Crippen LogP contribution >= 0.6 is 23.2 Å². The molecule has 0 unspecified atom stereocenters. The fourth-order valence-corrected chi connectivity index (χ4v) is 1.90. The van der Waals surface area contributed by atoms with E-state index >= 15 is 0 Å². The van der Waals surface area contributed by atoms with Gasteiger partial charge < -0.3 is 10.2 Å². The van der Waals surface area contributed by atoms with E-state index in [-0.39, 0.29) is 17.1 Å². The van der Waals surface area contributed by atoms with Gasteiger partial charge in [-0.25, -0.2) is 0 Å². The van der Waals surface area contributed by atoms with E-state index in [1.807, 2.05) is 0 Å². The Bertz CT molecular complexity index is 518. The lowest BCUT2D eigenvalue weighted by Crippen LogP contribution is -1.82. The van der Waals surface area contributed by atoms with Crippen LogP contribution < -0.4 is 0 Å². The topological polar surface area (TPSA) is 40.5 Å². The van der Waals surface area contributed by atoms with Gasteiger partial charge in [0.05, 0.1) is 15.6 Å². The van der Waals surface area contributed by atoms with Crippen LogP contribution in [0.1, 0.15) is 0 Å². The van der Waals surface area contributed by atoms with E-state index in [0.29, 0.717) is 15.6 Å². The molecule has 82 valence electrons. The third kappa shape index (κ3) is 1.82. The maximum absolute atomic E-state index is 9.70. The summed E-state index contributed by atoms with van der Waals surface area (Å²) in [6.45, 7) is 0. The van der Waals surface area contributed by atoms with E-state index in [4.69, 9.17) is 23.2 Å². The maximum Gasteiger partial charge on any atom is 0.127 e. The number of benzene rings is 2. The molecule has 0 saturated carbocycles. The number of hydrogen-bond donors (Lipinski definition) is 2. The molecule has 0 amide bonds. The van der Waals surface area contributed by atoms with Gasteiger partial charge in [-0.2, -0.15) is 0 Å². The Hall–Kier alpha value is -1.38. The molecule has 0 spiro atoms. The molecule has 2 nitrogen and oxygen atoms in total. The van der Waals surface area contributed by atoms with E-state index < -0.39 is 0 Å². The second kappa shape index (κ2) is 4.24. The van der Waals surface area contributed by atoms with E-state index in [9.17, 15) is 10.2 Å². The zero-order valence-electron chi connectivity index (χ0n) is 8.11. The van der Waals surface area contributed by atoms with Gasteiger partial charge in [-0.15, -0.1) is 0 Å². The molecule has 2 rings (SSSR count). The minimum absolute atomic E-state index is 0.0378. The predicted molar refractivity (Wildman–Crippen MR) is 65.2 cm³/mol. The summed E-state index contributed by atoms with van der Waals surface area (Å²) in [5, 5.41) is 20.1. The van der Waals surface area contributed by atoms with Crippen LogP contribution in [0.5, 0.6) is 11.5 Å². The Morgan fingerprint density at radius 1 is 0.812 bits per heavy atom. The molecule has 0 saturated heterocycles. The number of phenols is 2. The molecular weight excluding hydrogens is 247 g/mol. The number of halogens is 2.